The number of nitriles is 1. The maximum atomic E-state index is 13.0. The van der Waals surface area contributed by atoms with Crippen LogP contribution in [0.15, 0.2) is 35.8 Å². The van der Waals surface area contributed by atoms with Crippen LogP contribution in [0.2, 0.25) is 0 Å². The summed E-state index contributed by atoms with van der Waals surface area (Å²) < 4.78 is 5.34. The Balaban J connectivity index is 1.64. The maximum Gasteiger partial charge on any atom is 0.408 e. The molecule has 2 aromatic heterocycles. The number of carbonyl (C=O) groups is 2. The van der Waals surface area contributed by atoms with Crippen LogP contribution in [0.25, 0.3) is 0 Å². The highest BCUT2D eigenvalue weighted by atomic mass is 32.1. The van der Waals surface area contributed by atoms with Gasteiger partial charge in [-0.25, -0.2) is 9.78 Å². The molecule has 1 aliphatic rings. The second kappa shape index (κ2) is 9.79. The van der Waals surface area contributed by atoms with Gasteiger partial charge in [-0.15, -0.1) is 11.3 Å². The van der Waals surface area contributed by atoms with Crippen LogP contribution in [-0.2, 0) is 16.0 Å². The minimum atomic E-state index is -0.740. The van der Waals surface area contributed by atoms with Crippen molar-refractivity contribution in [2.75, 3.05) is 18.0 Å². The summed E-state index contributed by atoms with van der Waals surface area (Å²) in [6.07, 6.45) is 2.10. The quantitative estimate of drug-likeness (QED) is 0.714. The summed E-state index contributed by atoms with van der Waals surface area (Å²) in [5.41, 5.74) is 0.489. The number of rotatable bonds is 6. The van der Waals surface area contributed by atoms with Crippen molar-refractivity contribution < 1.29 is 14.3 Å². The van der Waals surface area contributed by atoms with E-state index in [-0.39, 0.29) is 11.9 Å². The number of alkyl carbamates (subject to hydrolysis) is 1. The molecular formula is C22H27N5O3S. The monoisotopic (exact) mass is 441 g/mol. The van der Waals surface area contributed by atoms with Gasteiger partial charge in [-0.1, -0.05) is 6.07 Å². The van der Waals surface area contributed by atoms with Gasteiger partial charge in [-0.2, -0.15) is 5.26 Å². The summed E-state index contributed by atoms with van der Waals surface area (Å²) in [6.45, 7) is 6.62. The standard InChI is InChI=1S/C22H27N5O3S/c1-22(2,3)30-21(29)26-17(12-16-6-5-11-31-16)20(28)25-15-8-10-27(14-15)19-7-4-9-24-18(19)13-23/h4-7,9,11,15,17H,8,10,12,14H2,1-3H3,(H,25,28)(H,26,29). The molecule has 0 aliphatic carbocycles. The zero-order valence-electron chi connectivity index (χ0n) is 17.9. The lowest BCUT2D eigenvalue weighted by atomic mass is 10.1. The number of nitrogens with one attached hydrogen (secondary N) is 2. The van der Waals surface area contributed by atoms with E-state index in [1.807, 2.05) is 28.5 Å². The number of carbonyl (C=O) groups excluding carboxylic acids is 2. The molecule has 0 saturated carbocycles. The van der Waals surface area contributed by atoms with Crippen LogP contribution in [0.5, 0.6) is 0 Å². The van der Waals surface area contributed by atoms with E-state index in [0.29, 0.717) is 25.2 Å². The zero-order chi connectivity index (χ0) is 22.4. The summed E-state index contributed by atoms with van der Waals surface area (Å²) in [7, 11) is 0. The molecule has 1 aliphatic heterocycles. The third-order valence-electron chi connectivity index (χ3n) is 4.76. The molecule has 2 N–H and O–H groups in total. The summed E-state index contributed by atoms with van der Waals surface area (Å²) in [5, 5.41) is 17.0. The van der Waals surface area contributed by atoms with Crippen LogP contribution in [0.3, 0.4) is 0 Å². The molecule has 2 amide bonds. The van der Waals surface area contributed by atoms with E-state index >= 15 is 0 Å². The van der Waals surface area contributed by atoms with Crippen LogP contribution in [0.4, 0.5) is 10.5 Å². The fourth-order valence-corrected chi connectivity index (χ4v) is 4.18. The van der Waals surface area contributed by atoms with Gasteiger partial charge < -0.3 is 20.3 Å². The Morgan fingerprint density at radius 1 is 1.39 bits per heavy atom. The molecule has 31 heavy (non-hydrogen) atoms. The van der Waals surface area contributed by atoms with Gasteiger partial charge in [0.1, 0.15) is 17.7 Å². The normalized spacial score (nSPS) is 17.0. The van der Waals surface area contributed by atoms with Crippen LogP contribution in [0, 0.1) is 11.3 Å². The largest absolute Gasteiger partial charge is 0.444 e. The van der Waals surface area contributed by atoms with Gasteiger partial charge in [0.05, 0.1) is 5.69 Å². The minimum Gasteiger partial charge on any atom is -0.444 e. The van der Waals surface area contributed by atoms with E-state index in [9.17, 15) is 14.9 Å². The van der Waals surface area contributed by atoms with Crippen LogP contribution in [0.1, 0.15) is 37.8 Å². The first kappa shape index (κ1) is 22.6. The average molecular weight is 442 g/mol. The Bertz CT molecular complexity index is 949. The molecule has 0 radical (unpaired) electrons. The van der Waals surface area contributed by atoms with Gasteiger partial charge in [0.2, 0.25) is 5.91 Å². The van der Waals surface area contributed by atoms with E-state index in [1.165, 1.54) is 11.3 Å². The molecule has 0 spiro atoms. The van der Waals surface area contributed by atoms with Gasteiger partial charge in [0.15, 0.2) is 5.69 Å². The number of nitrogens with zero attached hydrogens (tertiary/aromatic N) is 3. The number of pyridine rings is 1. The van der Waals surface area contributed by atoms with Crippen molar-refractivity contribution in [3.8, 4) is 6.07 Å². The first-order valence-corrected chi connectivity index (χ1v) is 11.1. The van der Waals surface area contributed by atoms with E-state index in [4.69, 9.17) is 4.74 Å². The summed E-state index contributed by atoms with van der Waals surface area (Å²) in [6, 6.07) is 8.78. The highest BCUT2D eigenvalue weighted by Crippen LogP contribution is 2.23. The third-order valence-corrected chi connectivity index (χ3v) is 5.66. The number of anilines is 1. The number of amides is 2. The van der Waals surface area contributed by atoms with Gasteiger partial charge in [0, 0.05) is 36.6 Å². The molecule has 8 nitrogen and oxygen atoms in total. The molecular weight excluding hydrogens is 414 g/mol. The Hall–Kier alpha value is -3.12. The van der Waals surface area contributed by atoms with E-state index < -0.39 is 17.7 Å². The fourth-order valence-electron chi connectivity index (χ4n) is 3.43. The lowest BCUT2D eigenvalue weighted by molar-refractivity contribution is -0.123. The van der Waals surface area contributed by atoms with Gasteiger partial charge in [-0.3, -0.25) is 4.79 Å². The van der Waals surface area contributed by atoms with E-state index in [2.05, 4.69) is 21.7 Å². The third kappa shape index (κ3) is 6.43. The lowest BCUT2D eigenvalue weighted by Crippen LogP contribution is -2.52. The summed E-state index contributed by atoms with van der Waals surface area (Å²) in [5.74, 6) is -0.252. The number of thiophene rings is 1. The molecule has 2 atom stereocenters. The summed E-state index contributed by atoms with van der Waals surface area (Å²) >= 11 is 1.54. The predicted molar refractivity (Wildman–Crippen MR) is 119 cm³/mol. The Labute approximate surface area is 186 Å². The van der Waals surface area contributed by atoms with Crippen LogP contribution < -0.4 is 15.5 Å². The van der Waals surface area contributed by atoms with Crippen molar-refractivity contribution in [2.45, 2.75) is 51.3 Å². The number of aromatic nitrogens is 1. The van der Waals surface area contributed by atoms with Crippen molar-refractivity contribution in [1.29, 1.82) is 5.26 Å². The second-order valence-corrected chi connectivity index (χ2v) is 9.44. The number of hydrogen-bond acceptors (Lipinski definition) is 7. The smallest absolute Gasteiger partial charge is 0.408 e. The van der Waals surface area contributed by atoms with Crippen molar-refractivity contribution in [1.82, 2.24) is 15.6 Å². The van der Waals surface area contributed by atoms with Crippen molar-refractivity contribution in [3.63, 3.8) is 0 Å². The molecule has 2 aromatic rings. The Kier molecular flexibility index (Phi) is 7.13. The van der Waals surface area contributed by atoms with Crippen molar-refractivity contribution >= 4 is 29.0 Å². The Morgan fingerprint density at radius 3 is 2.87 bits per heavy atom. The molecule has 2 unspecified atom stereocenters. The number of hydrogen-bond donors (Lipinski definition) is 2. The highest BCUT2D eigenvalue weighted by Gasteiger charge is 2.30. The minimum absolute atomic E-state index is 0.0921. The van der Waals surface area contributed by atoms with E-state index in [0.717, 1.165) is 17.0 Å². The lowest BCUT2D eigenvalue weighted by Gasteiger charge is -2.24. The molecule has 1 fully saturated rings. The van der Waals surface area contributed by atoms with Gasteiger partial charge >= 0.3 is 6.09 Å². The van der Waals surface area contributed by atoms with Crippen molar-refractivity contribution in [2.24, 2.45) is 0 Å². The first-order valence-electron chi connectivity index (χ1n) is 10.2. The average Bonchev–Trinajstić information content (AvgIpc) is 3.38. The van der Waals surface area contributed by atoms with E-state index in [1.54, 1.807) is 33.0 Å². The fraction of sp³-hybridized carbons (Fsp3) is 0.455. The van der Waals surface area contributed by atoms with Crippen molar-refractivity contribution in [3.05, 3.63) is 46.4 Å². The maximum absolute atomic E-state index is 13.0. The molecule has 164 valence electrons. The highest BCUT2D eigenvalue weighted by molar-refractivity contribution is 7.09. The Morgan fingerprint density at radius 2 is 2.19 bits per heavy atom. The summed E-state index contributed by atoms with van der Waals surface area (Å²) in [4.78, 5) is 32.5. The van der Waals surface area contributed by atoms with Crippen LogP contribution >= 0.6 is 11.3 Å². The molecule has 0 aromatic carbocycles. The molecule has 9 heteroatoms. The second-order valence-electron chi connectivity index (χ2n) is 8.41. The first-order chi connectivity index (χ1) is 14.7. The van der Waals surface area contributed by atoms with Gasteiger partial charge in [0.25, 0.3) is 0 Å². The predicted octanol–water partition coefficient (Wildman–Crippen LogP) is 2.85. The molecule has 0 bridgehead atoms. The van der Waals surface area contributed by atoms with Crippen LogP contribution in [-0.4, -0.2) is 47.8 Å². The number of ether oxygens (including phenoxy) is 1. The molecule has 3 rings (SSSR count). The zero-order valence-corrected chi connectivity index (χ0v) is 18.7. The SMILES string of the molecule is CC(C)(C)OC(=O)NC(Cc1cccs1)C(=O)NC1CCN(c2cccnc2C#N)C1. The molecule has 1 saturated heterocycles. The van der Waals surface area contributed by atoms with Gasteiger partial charge in [-0.05, 0) is 50.8 Å². The topological polar surface area (TPSA) is 107 Å². The molecule has 3 heterocycles.